The van der Waals surface area contributed by atoms with E-state index in [4.69, 9.17) is 4.98 Å². The molecule has 0 aliphatic carbocycles. The molecule has 2 N–H and O–H groups in total. The second-order valence-electron chi connectivity index (χ2n) is 8.00. The third kappa shape index (κ3) is 3.76. The van der Waals surface area contributed by atoms with Gasteiger partial charge in [0.15, 0.2) is 5.82 Å². The van der Waals surface area contributed by atoms with E-state index in [0.717, 1.165) is 28.9 Å². The number of fused-ring (bicyclic) bond motifs is 1. The Morgan fingerprint density at radius 3 is 2.59 bits per heavy atom. The third-order valence-corrected chi connectivity index (χ3v) is 4.74. The van der Waals surface area contributed by atoms with Crippen molar-refractivity contribution in [3.05, 3.63) is 76.6 Å². The molecule has 0 aliphatic rings. The van der Waals surface area contributed by atoms with Crippen LogP contribution < -0.4 is 11.0 Å². The van der Waals surface area contributed by atoms with Crippen molar-refractivity contribution < 1.29 is 0 Å². The zero-order chi connectivity index (χ0) is 20.4. The van der Waals surface area contributed by atoms with Crippen LogP contribution >= 0.6 is 0 Å². The molecule has 29 heavy (non-hydrogen) atoms. The van der Waals surface area contributed by atoms with Crippen LogP contribution in [0.25, 0.3) is 16.9 Å². The first-order valence-corrected chi connectivity index (χ1v) is 9.65. The van der Waals surface area contributed by atoms with Crippen molar-refractivity contribution in [3.63, 3.8) is 0 Å². The van der Waals surface area contributed by atoms with Gasteiger partial charge in [0.2, 0.25) is 5.65 Å². The van der Waals surface area contributed by atoms with Crippen molar-refractivity contribution in [3.8, 4) is 11.3 Å². The molecule has 4 rings (SSSR count). The van der Waals surface area contributed by atoms with Gasteiger partial charge in [0.25, 0.3) is 0 Å². The van der Waals surface area contributed by atoms with Crippen LogP contribution in [0, 0.1) is 0 Å². The summed E-state index contributed by atoms with van der Waals surface area (Å²) < 4.78 is 1.62. The number of aromatic nitrogens is 5. The molecule has 3 heterocycles. The van der Waals surface area contributed by atoms with Gasteiger partial charge in [-0.15, -0.1) is 5.10 Å². The number of anilines is 1. The lowest BCUT2D eigenvalue weighted by atomic mass is 9.88. The maximum Gasteiger partial charge on any atom is 0.348 e. The lowest BCUT2D eigenvalue weighted by Gasteiger charge is -2.23. The predicted molar refractivity (Wildman–Crippen MR) is 114 cm³/mol. The summed E-state index contributed by atoms with van der Waals surface area (Å²) in [6.07, 6.45) is 4.40. The van der Waals surface area contributed by atoms with Gasteiger partial charge in [0, 0.05) is 29.9 Å². The van der Waals surface area contributed by atoms with E-state index in [1.807, 2.05) is 48.7 Å². The second kappa shape index (κ2) is 7.50. The van der Waals surface area contributed by atoms with Gasteiger partial charge in [0.05, 0.1) is 11.4 Å². The molecule has 0 atom stereocenters. The fraction of sp³-hybridized carbons (Fsp3) is 0.273. The van der Waals surface area contributed by atoms with Crippen molar-refractivity contribution in [1.82, 2.24) is 24.6 Å². The van der Waals surface area contributed by atoms with Crippen LogP contribution in [0.15, 0.2) is 59.7 Å². The number of aromatic amines is 1. The van der Waals surface area contributed by atoms with E-state index >= 15 is 0 Å². The summed E-state index contributed by atoms with van der Waals surface area (Å²) >= 11 is 0. The predicted octanol–water partition coefficient (Wildman–Crippen LogP) is 3.43. The molecule has 4 aromatic rings. The van der Waals surface area contributed by atoms with Gasteiger partial charge in [-0.3, -0.25) is 4.98 Å². The van der Waals surface area contributed by atoms with E-state index in [1.165, 1.54) is 0 Å². The van der Waals surface area contributed by atoms with Crippen molar-refractivity contribution in [2.45, 2.75) is 32.6 Å². The van der Waals surface area contributed by atoms with Gasteiger partial charge in [-0.1, -0.05) is 57.2 Å². The SMILES string of the molecule is CC(C)(C)c1nc(NCCc2cccnc2)c2n[nH]c(=O)n2c1-c1ccccc1. The molecule has 0 radical (unpaired) electrons. The molecule has 0 amide bonds. The Morgan fingerprint density at radius 2 is 1.90 bits per heavy atom. The Bertz CT molecular complexity index is 1170. The average Bonchev–Trinajstić information content (AvgIpc) is 3.10. The summed E-state index contributed by atoms with van der Waals surface area (Å²) in [5, 5.41) is 10.2. The minimum absolute atomic E-state index is 0.268. The van der Waals surface area contributed by atoms with Gasteiger partial charge in [-0.05, 0) is 18.1 Å². The summed E-state index contributed by atoms with van der Waals surface area (Å²) in [6, 6.07) is 13.8. The van der Waals surface area contributed by atoms with Gasteiger partial charge in [0.1, 0.15) is 0 Å². The molecule has 7 heteroatoms. The highest BCUT2D eigenvalue weighted by Gasteiger charge is 2.26. The number of benzene rings is 1. The second-order valence-corrected chi connectivity index (χ2v) is 8.00. The monoisotopic (exact) mass is 388 g/mol. The first-order valence-electron chi connectivity index (χ1n) is 9.65. The van der Waals surface area contributed by atoms with Crippen molar-refractivity contribution in [2.75, 3.05) is 11.9 Å². The van der Waals surface area contributed by atoms with Crippen molar-refractivity contribution >= 4 is 11.5 Å². The molecule has 3 aromatic heterocycles. The molecule has 7 nitrogen and oxygen atoms in total. The summed E-state index contributed by atoms with van der Waals surface area (Å²) in [7, 11) is 0. The topological polar surface area (TPSA) is 88.0 Å². The Balaban J connectivity index is 1.81. The molecular weight excluding hydrogens is 364 g/mol. The molecule has 0 saturated carbocycles. The minimum atomic E-state index is -0.276. The minimum Gasteiger partial charge on any atom is -0.367 e. The van der Waals surface area contributed by atoms with Gasteiger partial charge >= 0.3 is 5.69 Å². The van der Waals surface area contributed by atoms with E-state index in [-0.39, 0.29) is 11.1 Å². The van der Waals surface area contributed by atoms with E-state index in [1.54, 1.807) is 10.6 Å². The third-order valence-electron chi connectivity index (χ3n) is 4.74. The first-order chi connectivity index (χ1) is 13.9. The lowest BCUT2D eigenvalue weighted by molar-refractivity contribution is 0.567. The Morgan fingerprint density at radius 1 is 1.10 bits per heavy atom. The van der Waals surface area contributed by atoms with Crippen LogP contribution in [-0.4, -0.2) is 31.1 Å². The summed E-state index contributed by atoms with van der Waals surface area (Å²) in [6.45, 7) is 6.94. The molecule has 0 fully saturated rings. The zero-order valence-corrected chi connectivity index (χ0v) is 16.8. The first kappa shape index (κ1) is 18.9. The Labute approximate surface area is 168 Å². The lowest BCUT2D eigenvalue weighted by Crippen LogP contribution is -2.23. The van der Waals surface area contributed by atoms with Crippen LogP contribution in [0.1, 0.15) is 32.0 Å². The largest absolute Gasteiger partial charge is 0.367 e. The number of nitrogens with one attached hydrogen (secondary N) is 2. The fourth-order valence-electron chi connectivity index (χ4n) is 3.36. The molecule has 0 aliphatic heterocycles. The van der Waals surface area contributed by atoms with E-state index in [0.29, 0.717) is 18.0 Å². The van der Waals surface area contributed by atoms with Gasteiger partial charge in [-0.25, -0.2) is 19.3 Å². The molecular formula is C22H24N6O. The van der Waals surface area contributed by atoms with Crippen LogP contribution in [0.2, 0.25) is 0 Å². The normalized spacial score (nSPS) is 11.7. The quantitative estimate of drug-likeness (QED) is 0.547. The number of hydrogen-bond acceptors (Lipinski definition) is 5. The van der Waals surface area contributed by atoms with Crippen LogP contribution in [0.4, 0.5) is 5.82 Å². The molecule has 0 bridgehead atoms. The Hall–Kier alpha value is -3.48. The van der Waals surface area contributed by atoms with E-state index in [9.17, 15) is 4.79 Å². The number of pyridine rings is 1. The van der Waals surface area contributed by atoms with Crippen LogP contribution in [-0.2, 0) is 11.8 Å². The van der Waals surface area contributed by atoms with E-state index in [2.05, 4.69) is 41.3 Å². The molecule has 1 aromatic carbocycles. The van der Waals surface area contributed by atoms with Crippen LogP contribution in [0.3, 0.4) is 0 Å². The number of rotatable bonds is 5. The smallest absolute Gasteiger partial charge is 0.348 e. The number of hydrogen-bond donors (Lipinski definition) is 2. The maximum absolute atomic E-state index is 12.7. The zero-order valence-electron chi connectivity index (χ0n) is 16.8. The van der Waals surface area contributed by atoms with E-state index < -0.39 is 0 Å². The maximum atomic E-state index is 12.7. The van der Waals surface area contributed by atoms with Crippen molar-refractivity contribution in [2.24, 2.45) is 0 Å². The summed E-state index contributed by atoms with van der Waals surface area (Å²) in [5.41, 5.74) is 3.62. The molecule has 148 valence electrons. The highest BCUT2D eigenvalue weighted by atomic mass is 16.1. The summed E-state index contributed by atoms with van der Waals surface area (Å²) in [5.74, 6) is 0.594. The highest BCUT2D eigenvalue weighted by Crippen LogP contribution is 2.33. The average molecular weight is 388 g/mol. The van der Waals surface area contributed by atoms with Gasteiger partial charge < -0.3 is 5.32 Å². The number of H-pyrrole nitrogens is 1. The summed E-state index contributed by atoms with van der Waals surface area (Å²) in [4.78, 5) is 21.8. The molecule has 0 saturated heterocycles. The van der Waals surface area contributed by atoms with Gasteiger partial charge in [-0.2, -0.15) is 0 Å². The number of nitrogens with zero attached hydrogens (tertiary/aromatic N) is 4. The standard InChI is InChI=1S/C22H24N6O/c1-22(2,3)18-17(16-9-5-4-6-10-16)28-20(26-27-21(28)29)19(25-18)24-13-11-15-8-7-12-23-14-15/h4-10,12,14H,11,13H2,1-3H3,(H,24,25)(H,27,29). The highest BCUT2D eigenvalue weighted by molar-refractivity contribution is 5.73. The fourth-order valence-corrected chi connectivity index (χ4v) is 3.36. The van der Waals surface area contributed by atoms with Crippen LogP contribution in [0.5, 0.6) is 0 Å². The molecule has 0 unspecified atom stereocenters. The Kier molecular flexibility index (Phi) is 4.88. The molecule has 0 spiro atoms. The van der Waals surface area contributed by atoms with Crippen molar-refractivity contribution in [1.29, 1.82) is 0 Å².